The van der Waals surface area contributed by atoms with Gasteiger partial charge in [-0.15, -0.1) is 0 Å². The number of phenols is 1. The Morgan fingerprint density at radius 2 is 1.96 bits per heavy atom. The van der Waals surface area contributed by atoms with Crippen LogP contribution in [0.1, 0.15) is 61.5 Å². The number of carbonyl (C=O) groups excluding carboxylic acids is 2. The van der Waals surface area contributed by atoms with Crippen molar-refractivity contribution in [3.8, 4) is 5.75 Å². The maximum atomic E-state index is 12.6. The van der Waals surface area contributed by atoms with Gasteiger partial charge in [-0.1, -0.05) is 32.9 Å². The Bertz CT molecular complexity index is 759. The molecule has 0 radical (unpaired) electrons. The van der Waals surface area contributed by atoms with Gasteiger partial charge in [0, 0.05) is 23.3 Å². The Hall–Kier alpha value is -2.10. The highest BCUT2D eigenvalue weighted by molar-refractivity contribution is 6.03. The van der Waals surface area contributed by atoms with Crippen LogP contribution in [0, 0.1) is 12.8 Å². The fraction of sp³-hybridized carbons (Fsp3) is 0.500. The Kier molecular flexibility index (Phi) is 4.02. The molecule has 3 aliphatic rings. The van der Waals surface area contributed by atoms with Crippen molar-refractivity contribution >= 4 is 11.8 Å². The zero-order valence-corrected chi connectivity index (χ0v) is 14.7. The summed E-state index contributed by atoms with van der Waals surface area (Å²) in [5.74, 6) is -0.140. The van der Waals surface area contributed by atoms with Crippen molar-refractivity contribution in [1.29, 1.82) is 0 Å². The van der Waals surface area contributed by atoms with Gasteiger partial charge in [0.25, 0.3) is 0 Å². The molecule has 24 heavy (non-hydrogen) atoms. The molecule has 0 aromatic heterocycles. The van der Waals surface area contributed by atoms with Gasteiger partial charge in [0.2, 0.25) is 0 Å². The van der Waals surface area contributed by atoms with Crippen LogP contribution in [0.2, 0.25) is 0 Å². The van der Waals surface area contributed by atoms with Gasteiger partial charge in [-0.2, -0.15) is 0 Å². The number of fused-ring (bicyclic) bond motifs is 4. The molecule has 2 aliphatic carbocycles. The van der Waals surface area contributed by atoms with E-state index in [-0.39, 0.29) is 28.8 Å². The number of phenolic OH excluding ortho intramolecular Hbond substituents is 1. The van der Waals surface area contributed by atoms with Crippen LogP contribution in [-0.2, 0) is 14.9 Å². The maximum absolute atomic E-state index is 12.6. The van der Waals surface area contributed by atoms with Gasteiger partial charge in [0.05, 0.1) is 5.56 Å². The fourth-order valence-corrected chi connectivity index (χ4v) is 4.38. The van der Waals surface area contributed by atoms with Crippen molar-refractivity contribution < 1.29 is 19.4 Å². The first kappa shape index (κ1) is 16.7. The van der Waals surface area contributed by atoms with Gasteiger partial charge < -0.3 is 9.84 Å². The molecule has 0 saturated carbocycles. The van der Waals surface area contributed by atoms with Crippen LogP contribution in [0.15, 0.2) is 23.3 Å². The quantitative estimate of drug-likeness (QED) is 0.735. The smallest absolute Gasteiger partial charge is 0.334 e. The van der Waals surface area contributed by atoms with Crippen LogP contribution in [0.3, 0.4) is 0 Å². The summed E-state index contributed by atoms with van der Waals surface area (Å²) in [6, 6.07) is 3.84. The average Bonchev–Trinajstić information content (AvgIpc) is 2.95. The molecule has 4 nitrogen and oxygen atoms in total. The minimum atomic E-state index is -0.221. The highest BCUT2D eigenvalue weighted by Crippen LogP contribution is 2.54. The van der Waals surface area contributed by atoms with Gasteiger partial charge in [-0.3, -0.25) is 4.79 Å². The predicted octanol–water partition coefficient (Wildman–Crippen LogP) is 3.83. The highest BCUT2D eigenvalue weighted by atomic mass is 16.5. The lowest BCUT2D eigenvalue weighted by atomic mass is 9.56. The number of hydrogen-bond donors (Lipinski definition) is 1. The van der Waals surface area contributed by atoms with Crippen molar-refractivity contribution in [2.24, 2.45) is 5.92 Å². The zero-order valence-electron chi connectivity index (χ0n) is 14.7. The van der Waals surface area contributed by atoms with Crippen molar-refractivity contribution in [3.05, 3.63) is 40.0 Å². The van der Waals surface area contributed by atoms with E-state index in [1.165, 1.54) is 0 Å². The molecule has 0 amide bonds. The van der Waals surface area contributed by atoms with Gasteiger partial charge in [0.1, 0.15) is 12.4 Å². The van der Waals surface area contributed by atoms with Crippen LogP contribution >= 0.6 is 0 Å². The summed E-state index contributed by atoms with van der Waals surface area (Å²) in [6.45, 7) is 8.27. The molecular formula is C20H24O4. The molecule has 4 heteroatoms. The Labute approximate surface area is 142 Å². The van der Waals surface area contributed by atoms with Crippen LogP contribution < -0.4 is 0 Å². The summed E-state index contributed by atoms with van der Waals surface area (Å²) in [7, 11) is 0. The molecule has 4 rings (SSSR count). The number of esters is 1. The Morgan fingerprint density at radius 1 is 1.25 bits per heavy atom. The second-order valence-electron chi connectivity index (χ2n) is 6.83. The molecule has 2 unspecified atom stereocenters. The fourth-order valence-electron chi connectivity index (χ4n) is 4.38. The number of hydrogen-bond acceptors (Lipinski definition) is 4. The van der Waals surface area contributed by atoms with Crippen LogP contribution in [0.4, 0.5) is 0 Å². The van der Waals surface area contributed by atoms with Crippen LogP contribution in [-0.4, -0.2) is 23.5 Å². The molecule has 1 N–H and O–H groups in total. The third-order valence-corrected chi connectivity index (χ3v) is 5.74. The number of aryl methyl sites for hydroxylation is 1. The standard InChI is InChI=1S/C18H18O4.C2H6/c1-9-3-4-12-15(16(9)20)14(19)7-13-11-8-22-17(21)10(11)5-6-18(12,13)2;1-2/h3-4,13,20H,5-8H2,1-2H3;1-2H3. The van der Waals surface area contributed by atoms with Crippen molar-refractivity contribution in [2.75, 3.05) is 6.61 Å². The zero-order chi connectivity index (χ0) is 17.6. The number of ether oxygens (including phenoxy) is 1. The number of cyclic esters (lactones) is 1. The monoisotopic (exact) mass is 328 g/mol. The largest absolute Gasteiger partial charge is 0.507 e. The summed E-state index contributed by atoms with van der Waals surface area (Å²) >= 11 is 0. The lowest BCUT2D eigenvalue weighted by Gasteiger charge is -2.46. The van der Waals surface area contributed by atoms with E-state index in [1.807, 2.05) is 32.9 Å². The molecule has 0 fully saturated rings. The van der Waals surface area contributed by atoms with Gasteiger partial charge in [-0.25, -0.2) is 4.79 Å². The molecule has 0 saturated heterocycles. The van der Waals surface area contributed by atoms with Crippen LogP contribution in [0.5, 0.6) is 5.75 Å². The highest BCUT2D eigenvalue weighted by Gasteiger charge is 2.51. The molecule has 1 aromatic rings. The van der Waals surface area contributed by atoms with E-state index < -0.39 is 0 Å². The van der Waals surface area contributed by atoms with Crippen molar-refractivity contribution in [1.82, 2.24) is 0 Å². The third kappa shape index (κ3) is 2.12. The minimum absolute atomic E-state index is 0.00445. The summed E-state index contributed by atoms with van der Waals surface area (Å²) in [4.78, 5) is 24.4. The summed E-state index contributed by atoms with van der Waals surface area (Å²) in [5.41, 5.74) is 3.68. The lowest BCUT2D eigenvalue weighted by molar-refractivity contribution is -0.136. The lowest BCUT2D eigenvalue weighted by Crippen LogP contribution is -2.43. The first-order chi connectivity index (χ1) is 11.4. The molecule has 1 aliphatic heterocycles. The van der Waals surface area contributed by atoms with E-state index >= 15 is 0 Å². The summed E-state index contributed by atoms with van der Waals surface area (Å²) < 4.78 is 5.19. The van der Waals surface area contributed by atoms with E-state index in [9.17, 15) is 14.7 Å². The molecule has 1 heterocycles. The molecule has 128 valence electrons. The molecular weight excluding hydrogens is 304 g/mol. The average molecular weight is 328 g/mol. The molecule has 0 bridgehead atoms. The summed E-state index contributed by atoms with van der Waals surface area (Å²) in [5, 5.41) is 10.3. The number of ketones is 1. The number of rotatable bonds is 0. The SMILES string of the molecule is CC.Cc1ccc2c(c1O)C(=O)CC1C3=C(CCC21C)C(=O)OC3. The second-order valence-corrected chi connectivity index (χ2v) is 6.83. The topological polar surface area (TPSA) is 63.6 Å². The number of carbonyl (C=O) groups is 2. The van der Waals surface area contributed by atoms with Gasteiger partial charge in [-0.05, 0) is 36.5 Å². The first-order valence-corrected chi connectivity index (χ1v) is 8.69. The van der Waals surface area contributed by atoms with Crippen molar-refractivity contribution in [2.45, 2.75) is 52.4 Å². The van der Waals surface area contributed by atoms with E-state index in [0.29, 0.717) is 25.0 Å². The van der Waals surface area contributed by atoms with E-state index in [2.05, 4.69) is 6.92 Å². The number of aromatic hydroxyl groups is 1. The van der Waals surface area contributed by atoms with E-state index in [0.717, 1.165) is 28.7 Å². The third-order valence-electron chi connectivity index (χ3n) is 5.74. The second kappa shape index (κ2) is 5.76. The molecule has 1 aromatic carbocycles. The predicted molar refractivity (Wildman–Crippen MR) is 91.2 cm³/mol. The van der Waals surface area contributed by atoms with Gasteiger partial charge >= 0.3 is 5.97 Å². The summed E-state index contributed by atoms with van der Waals surface area (Å²) in [6.07, 6.45) is 1.83. The molecule has 2 atom stereocenters. The van der Waals surface area contributed by atoms with Gasteiger partial charge in [0.15, 0.2) is 5.78 Å². The normalized spacial score (nSPS) is 27.6. The van der Waals surface area contributed by atoms with E-state index in [4.69, 9.17) is 4.74 Å². The number of Topliss-reactive ketones (excluding diaryl/α,β-unsaturated/α-hetero) is 1. The van der Waals surface area contributed by atoms with Crippen molar-refractivity contribution in [3.63, 3.8) is 0 Å². The molecule has 0 spiro atoms. The first-order valence-electron chi connectivity index (χ1n) is 8.69. The minimum Gasteiger partial charge on any atom is -0.507 e. The Balaban J connectivity index is 0.000000815. The van der Waals surface area contributed by atoms with Crippen LogP contribution in [0.25, 0.3) is 0 Å². The number of benzene rings is 1. The van der Waals surface area contributed by atoms with E-state index in [1.54, 1.807) is 0 Å². The Morgan fingerprint density at radius 3 is 2.67 bits per heavy atom. The maximum Gasteiger partial charge on any atom is 0.334 e.